The summed E-state index contributed by atoms with van der Waals surface area (Å²) in [6, 6.07) is 0.597. The molecule has 20 heavy (non-hydrogen) atoms. The predicted molar refractivity (Wildman–Crippen MR) is 92.4 cm³/mol. The van der Waals surface area contributed by atoms with Crippen molar-refractivity contribution in [3.63, 3.8) is 0 Å². The second-order valence-electron chi connectivity index (χ2n) is 6.43. The molecule has 1 nitrogen and oxygen atoms in total. The lowest BCUT2D eigenvalue weighted by molar-refractivity contribution is 0.463. The Bertz CT molecular complexity index is 167. The highest BCUT2D eigenvalue weighted by atomic mass is 14.9. The zero-order valence-corrected chi connectivity index (χ0v) is 14.6. The second-order valence-corrected chi connectivity index (χ2v) is 6.43. The van der Waals surface area contributed by atoms with Gasteiger partial charge in [0, 0.05) is 12.6 Å². The molecule has 0 saturated carbocycles. The lowest BCUT2D eigenvalue weighted by Crippen LogP contribution is -2.19. The van der Waals surface area contributed by atoms with Crippen molar-refractivity contribution in [2.45, 2.75) is 117 Å². The summed E-state index contributed by atoms with van der Waals surface area (Å²) in [6.45, 7) is 7.89. The first-order chi connectivity index (χ1) is 9.81. The monoisotopic (exact) mass is 282 g/mol. The Kier molecular flexibility index (Phi) is 17.0. The van der Waals surface area contributed by atoms with Gasteiger partial charge in [-0.15, -0.1) is 0 Å². The molecule has 0 N–H and O–H groups in total. The molecule has 1 unspecified atom stereocenters. The minimum Gasteiger partial charge on any atom is -0.239 e. The Morgan fingerprint density at radius 1 is 0.600 bits per heavy atom. The van der Waals surface area contributed by atoms with Gasteiger partial charge in [0.05, 0.1) is 0 Å². The van der Waals surface area contributed by atoms with Crippen molar-refractivity contribution in [3.8, 4) is 0 Å². The van der Waals surface area contributed by atoms with Gasteiger partial charge in [-0.05, 0) is 19.8 Å². The summed E-state index contributed by atoms with van der Waals surface area (Å²) in [5, 5.41) is 4.70. The van der Waals surface area contributed by atoms with Gasteiger partial charge in [-0.2, -0.15) is 0 Å². The van der Waals surface area contributed by atoms with E-state index in [-0.39, 0.29) is 0 Å². The van der Waals surface area contributed by atoms with Crippen LogP contribution in [0, 0.1) is 0 Å². The molecule has 0 aliphatic rings. The molecule has 0 fully saturated rings. The summed E-state index contributed by atoms with van der Waals surface area (Å²) < 4.78 is 0. The number of nitrogens with zero attached hydrogens (tertiary/aromatic N) is 1. The SMILES string of the molecule is CCCCCCCCCCCCCC(C)[N]CCCC. The zero-order chi connectivity index (χ0) is 14.9. The Hall–Kier alpha value is -0.0400. The topological polar surface area (TPSA) is 14.1 Å². The normalized spacial score (nSPS) is 12.8. The van der Waals surface area contributed by atoms with Crippen LogP contribution in [0.2, 0.25) is 0 Å². The fourth-order valence-corrected chi connectivity index (χ4v) is 2.67. The van der Waals surface area contributed by atoms with E-state index in [4.69, 9.17) is 5.32 Å². The van der Waals surface area contributed by atoms with Crippen LogP contribution in [0.1, 0.15) is 111 Å². The van der Waals surface area contributed by atoms with E-state index >= 15 is 0 Å². The highest BCUT2D eigenvalue weighted by molar-refractivity contribution is 4.60. The molecule has 0 saturated heterocycles. The molecule has 0 spiro atoms. The molecule has 0 aliphatic carbocycles. The first-order valence-electron chi connectivity index (χ1n) is 9.47. The largest absolute Gasteiger partial charge is 0.239 e. The Morgan fingerprint density at radius 3 is 1.55 bits per heavy atom. The molecule has 1 radical (unpaired) electrons. The molecule has 0 heterocycles. The van der Waals surface area contributed by atoms with E-state index in [1.165, 1.54) is 89.9 Å². The van der Waals surface area contributed by atoms with Crippen molar-refractivity contribution in [1.82, 2.24) is 5.32 Å². The lowest BCUT2D eigenvalue weighted by atomic mass is 10.0. The molecule has 1 heteroatoms. The van der Waals surface area contributed by atoms with E-state index in [0.29, 0.717) is 6.04 Å². The number of hydrogen-bond donors (Lipinski definition) is 0. The summed E-state index contributed by atoms with van der Waals surface area (Å²) in [5.41, 5.74) is 0. The van der Waals surface area contributed by atoms with Crippen LogP contribution in [0.25, 0.3) is 0 Å². The smallest absolute Gasteiger partial charge is 0.0217 e. The van der Waals surface area contributed by atoms with Crippen molar-refractivity contribution in [3.05, 3.63) is 0 Å². The summed E-state index contributed by atoms with van der Waals surface area (Å²) in [6.07, 6.45) is 19.6. The Morgan fingerprint density at radius 2 is 1.05 bits per heavy atom. The average molecular weight is 283 g/mol. The van der Waals surface area contributed by atoms with Crippen LogP contribution in [-0.4, -0.2) is 12.6 Å². The van der Waals surface area contributed by atoms with E-state index in [1.807, 2.05) is 0 Å². The average Bonchev–Trinajstić information content (AvgIpc) is 2.45. The fourth-order valence-electron chi connectivity index (χ4n) is 2.67. The Balaban J connectivity index is 3.05. The van der Waals surface area contributed by atoms with E-state index < -0.39 is 0 Å². The standard InChI is InChI=1S/C19H40N/c1-4-6-8-9-10-11-12-13-14-15-16-17-19(3)20-18-7-5-2/h19H,4-18H2,1-3H3. The molecular formula is C19H40N. The number of hydrogen-bond acceptors (Lipinski definition) is 0. The quantitative estimate of drug-likeness (QED) is 0.288. The summed E-state index contributed by atoms with van der Waals surface area (Å²) in [5.74, 6) is 0. The second kappa shape index (κ2) is 17.0. The molecule has 0 rings (SSSR count). The van der Waals surface area contributed by atoms with Crippen LogP contribution in [0.4, 0.5) is 0 Å². The van der Waals surface area contributed by atoms with Gasteiger partial charge in [-0.1, -0.05) is 90.9 Å². The highest BCUT2D eigenvalue weighted by Crippen LogP contribution is 2.12. The van der Waals surface area contributed by atoms with Gasteiger partial charge >= 0.3 is 0 Å². The number of rotatable bonds is 16. The predicted octanol–water partition coefficient (Wildman–Crippen LogP) is 6.48. The third-order valence-electron chi connectivity index (χ3n) is 4.18. The van der Waals surface area contributed by atoms with Crippen LogP contribution in [0.3, 0.4) is 0 Å². The molecule has 0 amide bonds. The van der Waals surface area contributed by atoms with Gasteiger partial charge < -0.3 is 0 Å². The van der Waals surface area contributed by atoms with E-state index in [0.717, 1.165) is 6.54 Å². The molecule has 0 bridgehead atoms. The van der Waals surface area contributed by atoms with Crippen LogP contribution < -0.4 is 5.32 Å². The first-order valence-corrected chi connectivity index (χ1v) is 9.47. The maximum absolute atomic E-state index is 4.70. The molecule has 0 aromatic carbocycles. The lowest BCUT2D eigenvalue weighted by Gasteiger charge is -2.11. The van der Waals surface area contributed by atoms with Crippen LogP contribution in [0.15, 0.2) is 0 Å². The number of unbranched alkanes of at least 4 members (excludes halogenated alkanes) is 11. The minimum absolute atomic E-state index is 0.597. The van der Waals surface area contributed by atoms with Gasteiger partial charge in [-0.3, -0.25) is 0 Å². The van der Waals surface area contributed by atoms with Crippen LogP contribution in [-0.2, 0) is 0 Å². The maximum Gasteiger partial charge on any atom is 0.0217 e. The summed E-state index contributed by atoms with van der Waals surface area (Å²) in [4.78, 5) is 0. The molecule has 1 atom stereocenters. The molecular weight excluding hydrogens is 242 g/mol. The van der Waals surface area contributed by atoms with E-state index in [9.17, 15) is 0 Å². The molecule has 0 aliphatic heterocycles. The van der Waals surface area contributed by atoms with Gasteiger partial charge in [0.1, 0.15) is 0 Å². The maximum atomic E-state index is 4.70. The third kappa shape index (κ3) is 16.0. The van der Waals surface area contributed by atoms with Crippen LogP contribution in [0.5, 0.6) is 0 Å². The van der Waals surface area contributed by atoms with Crippen molar-refractivity contribution in [1.29, 1.82) is 0 Å². The van der Waals surface area contributed by atoms with Gasteiger partial charge in [0.2, 0.25) is 0 Å². The van der Waals surface area contributed by atoms with Crippen molar-refractivity contribution >= 4 is 0 Å². The Labute approximate surface area is 129 Å². The first kappa shape index (κ1) is 20.0. The molecule has 0 aromatic heterocycles. The molecule has 0 aromatic rings. The van der Waals surface area contributed by atoms with Crippen molar-refractivity contribution in [2.24, 2.45) is 0 Å². The van der Waals surface area contributed by atoms with Gasteiger partial charge in [0.25, 0.3) is 0 Å². The van der Waals surface area contributed by atoms with E-state index in [2.05, 4.69) is 20.8 Å². The van der Waals surface area contributed by atoms with Crippen LogP contribution >= 0.6 is 0 Å². The van der Waals surface area contributed by atoms with Gasteiger partial charge in [-0.25, -0.2) is 5.32 Å². The summed E-state index contributed by atoms with van der Waals surface area (Å²) in [7, 11) is 0. The fraction of sp³-hybridized carbons (Fsp3) is 1.00. The summed E-state index contributed by atoms with van der Waals surface area (Å²) >= 11 is 0. The minimum atomic E-state index is 0.597. The zero-order valence-electron chi connectivity index (χ0n) is 14.6. The van der Waals surface area contributed by atoms with Crippen molar-refractivity contribution in [2.75, 3.05) is 6.54 Å². The molecule has 121 valence electrons. The van der Waals surface area contributed by atoms with Gasteiger partial charge in [0.15, 0.2) is 0 Å². The van der Waals surface area contributed by atoms with Crippen molar-refractivity contribution < 1.29 is 0 Å². The van der Waals surface area contributed by atoms with E-state index in [1.54, 1.807) is 0 Å². The highest BCUT2D eigenvalue weighted by Gasteiger charge is 2.01. The third-order valence-corrected chi connectivity index (χ3v) is 4.18.